The summed E-state index contributed by atoms with van der Waals surface area (Å²) in [5.41, 5.74) is 6.77. The summed E-state index contributed by atoms with van der Waals surface area (Å²) < 4.78 is 118. The molecule has 0 aliphatic heterocycles. The second-order valence-electron chi connectivity index (χ2n) is 24.4. The van der Waals surface area contributed by atoms with Gasteiger partial charge in [-0.25, -0.2) is 33.7 Å². The average molecular weight is 1190 g/mol. The Hall–Kier alpha value is -5.80. The molecular weight excluding hydrogens is 1110 g/mol. The zero-order valence-electron chi connectivity index (χ0n) is 50.4. The van der Waals surface area contributed by atoms with E-state index in [0.717, 1.165) is 22.3 Å². The van der Waals surface area contributed by atoms with Gasteiger partial charge in [0, 0.05) is 12.8 Å². The van der Waals surface area contributed by atoms with E-state index in [1.165, 1.54) is 0 Å². The van der Waals surface area contributed by atoms with Gasteiger partial charge in [-0.2, -0.15) is 0 Å². The minimum atomic E-state index is -4.08. The molecular formula is C68H84O10S4. The largest absolute Gasteiger partial charge is 0.295 e. The lowest BCUT2D eigenvalue weighted by Gasteiger charge is -2.38. The summed E-state index contributed by atoms with van der Waals surface area (Å²) in [5, 5.41) is -4.46. The van der Waals surface area contributed by atoms with Gasteiger partial charge in [0.1, 0.15) is 0 Å². The molecule has 0 aromatic heterocycles. The Morgan fingerprint density at radius 2 is 0.659 bits per heavy atom. The van der Waals surface area contributed by atoms with E-state index in [4.69, 9.17) is 0 Å². The highest BCUT2D eigenvalue weighted by atomic mass is 32.2. The van der Waals surface area contributed by atoms with Crippen LogP contribution < -0.4 is 0 Å². The van der Waals surface area contributed by atoms with Gasteiger partial charge in [0.25, 0.3) is 0 Å². The first-order chi connectivity index (χ1) is 38.1. The maximum absolute atomic E-state index is 14.8. The number of aryl methyl sites for hydroxylation is 4. The molecule has 0 radical (unpaired) electrons. The van der Waals surface area contributed by atoms with E-state index >= 15 is 0 Å². The number of rotatable bonds is 22. The molecule has 2 aliphatic rings. The predicted octanol–water partition coefficient (Wildman–Crippen LogP) is 14.9. The number of ketones is 2. The molecule has 0 N–H and O–H groups in total. The molecule has 0 fully saturated rings. The van der Waals surface area contributed by atoms with Crippen LogP contribution in [0.25, 0.3) is 0 Å². The summed E-state index contributed by atoms with van der Waals surface area (Å²) >= 11 is 0. The molecule has 4 aromatic carbocycles. The van der Waals surface area contributed by atoms with Crippen LogP contribution in [0.3, 0.4) is 0 Å². The molecule has 0 heterocycles. The number of carbonyl (C=O) groups is 2. The molecule has 0 saturated heterocycles. The summed E-state index contributed by atoms with van der Waals surface area (Å²) in [5.74, 6) is -0.198. The second-order valence-corrected chi connectivity index (χ2v) is 33.0. The van der Waals surface area contributed by atoms with E-state index in [9.17, 15) is 43.3 Å². The van der Waals surface area contributed by atoms with Crippen molar-refractivity contribution in [3.05, 3.63) is 200 Å². The van der Waals surface area contributed by atoms with Crippen LogP contribution in [-0.4, -0.2) is 66.2 Å². The number of sulfone groups is 4. The zero-order chi connectivity index (χ0) is 60.9. The lowest BCUT2D eigenvalue weighted by atomic mass is 9.70. The Morgan fingerprint density at radius 3 is 0.927 bits per heavy atom. The van der Waals surface area contributed by atoms with E-state index < -0.39 is 71.2 Å². The molecule has 4 aromatic rings. The summed E-state index contributed by atoms with van der Waals surface area (Å²) in [4.78, 5) is 27.1. The van der Waals surface area contributed by atoms with Crippen LogP contribution in [0.1, 0.15) is 143 Å². The quantitative estimate of drug-likeness (QED) is 0.0545. The minimum absolute atomic E-state index is 0.0361. The zero-order valence-corrected chi connectivity index (χ0v) is 53.6. The van der Waals surface area contributed by atoms with Crippen LogP contribution in [0, 0.1) is 38.5 Å². The molecule has 0 saturated carbocycles. The lowest BCUT2D eigenvalue weighted by Crippen LogP contribution is -2.37. The SMILES string of the molecule is CC(=CC=CC=C(C)CC(C=C(C)CC(C1=C(C)C(=O)CCC1(C)C)S(=O)(=O)c1ccc(C)cc1)S(=O)(=O)c1ccc(C)cc1)CC(C=C(C)CC(C1=C(C)C(=O)CCC1(C)C)S(=O)(=O)c1ccc(C)cc1)S(=O)(=O)c1ccc(C)cc1. The van der Waals surface area contributed by atoms with Gasteiger partial charge >= 0.3 is 0 Å². The molecule has 0 spiro atoms. The normalized spacial score (nSPS) is 18.7. The molecule has 440 valence electrons. The van der Waals surface area contributed by atoms with Gasteiger partial charge in [0.2, 0.25) is 0 Å². The number of hydrogen-bond donors (Lipinski definition) is 0. The Morgan fingerprint density at radius 1 is 0.402 bits per heavy atom. The van der Waals surface area contributed by atoms with Crippen molar-refractivity contribution in [3.8, 4) is 0 Å². The number of hydrogen-bond acceptors (Lipinski definition) is 10. The predicted molar refractivity (Wildman–Crippen MR) is 333 cm³/mol. The molecule has 14 heteroatoms. The van der Waals surface area contributed by atoms with Gasteiger partial charge < -0.3 is 0 Å². The smallest absolute Gasteiger partial charge is 0.185 e. The van der Waals surface area contributed by atoms with Crippen LogP contribution in [0.4, 0.5) is 0 Å². The van der Waals surface area contributed by atoms with Crippen LogP contribution >= 0.6 is 0 Å². The van der Waals surface area contributed by atoms with Crippen molar-refractivity contribution in [3.63, 3.8) is 0 Å². The Balaban J connectivity index is 1.35. The standard InChI is InChI=1S/C68H84O10S4/c1-45-19-27-55(28-20-45)79(71,72)59(41-51(7)43-63(65-53(9)61(69)35-37-67(65,11)12)81(75,76)57-31-23-47(3)24-32-57)39-49(5)17-15-16-18-50(6)40-60(80(73,74)56-29-21-46(2)22-30-56)42-52(8)44-64(66-54(10)62(70)36-38-68(66,13)14)82(77,78)58-33-25-48(4)26-34-58/h15-34,41-42,59-60,63-64H,35-40,43-44H2,1-14H3. The highest BCUT2D eigenvalue weighted by molar-refractivity contribution is 7.93. The van der Waals surface area contributed by atoms with Crippen molar-refractivity contribution < 1.29 is 43.3 Å². The van der Waals surface area contributed by atoms with E-state index in [1.807, 2.05) is 69.2 Å². The topological polar surface area (TPSA) is 171 Å². The molecule has 2 aliphatic carbocycles. The van der Waals surface area contributed by atoms with Gasteiger partial charge in [-0.15, -0.1) is 0 Å². The minimum Gasteiger partial charge on any atom is -0.295 e. The third-order valence-electron chi connectivity index (χ3n) is 16.5. The molecule has 6 rings (SSSR count). The van der Waals surface area contributed by atoms with E-state index in [0.29, 0.717) is 70.3 Å². The van der Waals surface area contributed by atoms with Crippen molar-refractivity contribution in [1.82, 2.24) is 0 Å². The third kappa shape index (κ3) is 15.3. The fraction of sp³-hybridized carbons (Fsp3) is 0.412. The highest BCUT2D eigenvalue weighted by Gasteiger charge is 2.45. The molecule has 4 unspecified atom stereocenters. The first-order valence-electron chi connectivity index (χ1n) is 28.1. The number of carbonyl (C=O) groups excluding carboxylic acids is 2. The Bertz CT molecular complexity index is 3500. The number of Topliss-reactive ketones (excluding diaryl/α,β-unsaturated/α-hetero) is 2. The van der Waals surface area contributed by atoms with Crippen LogP contribution in [0.15, 0.2) is 198 Å². The average Bonchev–Trinajstić information content (AvgIpc) is 3.26. The maximum atomic E-state index is 14.8. The summed E-state index contributed by atoms with van der Waals surface area (Å²) in [7, 11) is -16.2. The van der Waals surface area contributed by atoms with Crippen LogP contribution in [0.5, 0.6) is 0 Å². The van der Waals surface area contributed by atoms with E-state index in [2.05, 4.69) is 0 Å². The highest BCUT2D eigenvalue weighted by Crippen LogP contribution is 2.47. The fourth-order valence-corrected chi connectivity index (χ4v) is 19.4. The van der Waals surface area contributed by atoms with Gasteiger partial charge in [0.05, 0.1) is 40.6 Å². The number of allylic oxidation sites excluding steroid dienone is 10. The van der Waals surface area contributed by atoms with Crippen molar-refractivity contribution in [2.24, 2.45) is 10.8 Å². The summed E-state index contributed by atoms with van der Waals surface area (Å²) in [6, 6.07) is 26.6. The van der Waals surface area contributed by atoms with Crippen LogP contribution in [0.2, 0.25) is 0 Å². The fourth-order valence-electron chi connectivity index (χ4n) is 11.6. The van der Waals surface area contributed by atoms with E-state index in [-0.39, 0.29) is 56.8 Å². The molecule has 4 atom stereocenters. The first-order valence-corrected chi connectivity index (χ1v) is 34.3. The molecule has 0 bridgehead atoms. The molecule has 10 nitrogen and oxygen atoms in total. The summed E-state index contributed by atoms with van der Waals surface area (Å²) in [6.07, 6.45) is 12.1. The van der Waals surface area contributed by atoms with Gasteiger partial charge in [0.15, 0.2) is 50.9 Å². The Kier molecular flexibility index (Phi) is 20.7. The first kappa shape index (κ1) is 65.4. The monoisotopic (exact) mass is 1190 g/mol. The molecule has 0 amide bonds. The van der Waals surface area contributed by atoms with E-state index in [1.54, 1.807) is 161 Å². The van der Waals surface area contributed by atoms with Crippen LogP contribution in [-0.2, 0) is 48.9 Å². The van der Waals surface area contributed by atoms with Gasteiger partial charge in [-0.05, 0) is 189 Å². The number of benzene rings is 4. The maximum Gasteiger partial charge on any atom is 0.185 e. The Labute approximate surface area is 491 Å². The lowest BCUT2D eigenvalue weighted by molar-refractivity contribution is -0.117. The van der Waals surface area contributed by atoms with Crippen molar-refractivity contribution in [2.75, 3.05) is 0 Å². The van der Waals surface area contributed by atoms with Crippen molar-refractivity contribution >= 4 is 50.9 Å². The summed E-state index contributed by atoms with van der Waals surface area (Å²) in [6.45, 7) is 25.9. The third-order valence-corrected chi connectivity index (χ3v) is 24.7. The van der Waals surface area contributed by atoms with Gasteiger partial charge in [-0.3, -0.25) is 9.59 Å². The molecule has 82 heavy (non-hydrogen) atoms. The van der Waals surface area contributed by atoms with Crippen molar-refractivity contribution in [1.29, 1.82) is 0 Å². The second kappa shape index (κ2) is 26.0. The van der Waals surface area contributed by atoms with Crippen molar-refractivity contribution in [2.45, 2.75) is 189 Å². The van der Waals surface area contributed by atoms with Gasteiger partial charge in [-0.1, -0.05) is 157 Å².